The predicted octanol–water partition coefficient (Wildman–Crippen LogP) is 2.49. The SMILES string of the molecule is C=CCO[CH](OCC=C)[Ti][O]CCCC. The van der Waals surface area contributed by atoms with Crippen molar-refractivity contribution in [2.75, 3.05) is 19.8 Å². The van der Waals surface area contributed by atoms with Crippen LogP contribution in [0.5, 0.6) is 0 Å². The Kier molecular flexibility index (Phi) is 12.2. The molecular formula is C11H20O3Ti. The number of ether oxygens (including phenoxy) is 2. The summed E-state index contributed by atoms with van der Waals surface area (Å²) in [6.07, 6.45) is 5.67. The fourth-order valence-corrected chi connectivity index (χ4v) is 1.91. The van der Waals surface area contributed by atoms with E-state index in [0.29, 0.717) is 13.2 Å². The predicted molar refractivity (Wildman–Crippen MR) is 56.9 cm³/mol. The summed E-state index contributed by atoms with van der Waals surface area (Å²) in [5.74, 6) is 0. The van der Waals surface area contributed by atoms with Crippen molar-refractivity contribution in [2.24, 2.45) is 0 Å². The molecule has 0 aliphatic heterocycles. The molecule has 0 aliphatic rings. The first-order valence-corrected chi connectivity index (χ1v) is 6.71. The molecule has 0 radical (unpaired) electrons. The van der Waals surface area contributed by atoms with Crippen LogP contribution in [0, 0.1) is 0 Å². The summed E-state index contributed by atoms with van der Waals surface area (Å²) in [4.78, 5) is 0. The number of unbranched alkanes of at least 4 members (excludes halogenated alkanes) is 1. The summed E-state index contributed by atoms with van der Waals surface area (Å²) in [6.45, 7) is 11.1. The van der Waals surface area contributed by atoms with Crippen molar-refractivity contribution >= 4 is 0 Å². The topological polar surface area (TPSA) is 27.7 Å². The minimum atomic E-state index is -0.652. The first-order valence-electron chi connectivity index (χ1n) is 5.17. The van der Waals surface area contributed by atoms with Crippen LogP contribution in [0.15, 0.2) is 25.3 Å². The van der Waals surface area contributed by atoms with Crippen molar-refractivity contribution in [3.05, 3.63) is 25.3 Å². The Morgan fingerprint density at radius 2 is 1.80 bits per heavy atom. The van der Waals surface area contributed by atoms with Gasteiger partial charge in [-0.15, -0.1) is 0 Å². The Morgan fingerprint density at radius 1 is 1.20 bits per heavy atom. The van der Waals surface area contributed by atoms with E-state index in [1.807, 2.05) is 0 Å². The van der Waals surface area contributed by atoms with Crippen molar-refractivity contribution < 1.29 is 32.3 Å². The van der Waals surface area contributed by atoms with Crippen LogP contribution >= 0.6 is 0 Å². The molecule has 4 heteroatoms. The van der Waals surface area contributed by atoms with Gasteiger partial charge in [0.25, 0.3) is 0 Å². The van der Waals surface area contributed by atoms with Gasteiger partial charge in [-0.3, -0.25) is 0 Å². The molecule has 0 aromatic rings. The molecule has 0 N–H and O–H groups in total. The second-order valence-corrected chi connectivity index (χ2v) is 4.45. The van der Waals surface area contributed by atoms with Crippen LogP contribution in [-0.2, 0) is 32.3 Å². The Bertz CT molecular complexity index is 150. The molecule has 0 spiro atoms. The minimum absolute atomic E-state index is 0.196. The summed E-state index contributed by atoms with van der Waals surface area (Å²) < 4.78 is 16.2. The van der Waals surface area contributed by atoms with E-state index in [2.05, 4.69) is 20.1 Å². The van der Waals surface area contributed by atoms with Crippen LogP contribution in [0.4, 0.5) is 0 Å². The number of rotatable bonds is 11. The van der Waals surface area contributed by atoms with Crippen LogP contribution in [0.3, 0.4) is 0 Å². The molecule has 0 heterocycles. The summed E-state index contributed by atoms with van der Waals surface area (Å²) in [6, 6.07) is 0. The van der Waals surface area contributed by atoms with E-state index in [-0.39, 0.29) is 4.59 Å². The molecule has 0 rings (SSSR count). The van der Waals surface area contributed by atoms with E-state index in [0.717, 1.165) is 19.4 Å². The number of hydrogen-bond donors (Lipinski definition) is 0. The van der Waals surface area contributed by atoms with Crippen LogP contribution in [-0.4, -0.2) is 24.4 Å². The van der Waals surface area contributed by atoms with Crippen molar-refractivity contribution in [2.45, 2.75) is 24.4 Å². The first kappa shape index (κ1) is 15.1. The van der Waals surface area contributed by atoms with Gasteiger partial charge in [-0.25, -0.2) is 0 Å². The molecule has 15 heavy (non-hydrogen) atoms. The quantitative estimate of drug-likeness (QED) is 0.243. The van der Waals surface area contributed by atoms with E-state index in [1.165, 1.54) is 0 Å². The van der Waals surface area contributed by atoms with E-state index < -0.39 is 19.5 Å². The van der Waals surface area contributed by atoms with Gasteiger partial charge in [0.05, 0.1) is 0 Å². The first-order chi connectivity index (χ1) is 7.35. The van der Waals surface area contributed by atoms with Gasteiger partial charge in [-0.2, -0.15) is 0 Å². The second-order valence-electron chi connectivity index (χ2n) is 2.90. The van der Waals surface area contributed by atoms with Gasteiger partial charge >= 0.3 is 102 Å². The molecule has 0 bridgehead atoms. The van der Waals surface area contributed by atoms with Gasteiger partial charge in [-0.1, -0.05) is 0 Å². The zero-order valence-corrected chi connectivity index (χ0v) is 11.0. The summed E-state index contributed by atoms with van der Waals surface area (Å²) in [5.41, 5.74) is 0. The fourth-order valence-electron chi connectivity index (χ4n) is 0.771. The Labute approximate surface area is 102 Å². The molecule has 0 amide bonds. The second kappa shape index (κ2) is 12.1. The normalized spacial score (nSPS) is 10.3. The fraction of sp³-hybridized carbons (Fsp3) is 0.636. The third-order valence-electron chi connectivity index (χ3n) is 1.51. The van der Waals surface area contributed by atoms with Gasteiger partial charge in [-0.05, 0) is 0 Å². The van der Waals surface area contributed by atoms with Crippen LogP contribution in [0.1, 0.15) is 19.8 Å². The third kappa shape index (κ3) is 10.4. The Hall–Kier alpha value is 0.0743. The molecule has 86 valence electrons. The van der Waals surface area contributed by atoms with Gasteiger partial charge in [0, 0.05) is 0 Å². The van der Waals surface area contributed by atoms with Gasteiger partial charge in [0.15, 0.2) is 0 Å². The van der Waals surface area contributed by atoms with Crippen LogP contribution < -0.4 is 0 Å². The molecule has 0 aromatic heterocycles. The van der Waals surface area contributed by atoms with E-state index >= 15 is 0 Å². The molecule has 0 saturated carbocycles. The molecule has 0 saturated heterocycles. The van der Waals surface area contributed by atoms with Crippen molar-refractivity contribution in [3.8, 4) is 0 Å². The maximum absolute atomic E-state index is 5.54. The van der Waals surface area contributed by atoms with E-state index in [9.17, 15) is 0 Å². The van der Waals surface area contributed by atoms with Crippen LogP contribution in [0.25, 0.3) is 0 Å². The average molecular weight is 248 g/mol. The number of hydrogen-bond acceptors (Lipinski definition) is 3. The molecular weight excluding hydrogens is 228 g/mol. The van der Waals surface area contributed by atoms with Crippen LogP contribution in [0.2, 0.25) is 0 Å². The molecule has 3 nitrogen and oxygen atoms in total. The Balaban J connectivity index is 3.58. The zero-order chi connectivity index (χ0) is 11.4. The van der Waals surface area contributed by atoms with Crippen molar-refractivity contribution in [1.29, 1.82) is 0 Å². The molecule has 0 unspecified atom stereocenters. The molecule has 0 atom stereocenters. The Morgan fingerprint density at radius 3 is 2.27 bits per heavy atom. The van der Waals surface area contributed by atoms with Crippen molar-refractivity contribution in [3.63, 3.8) is 0 Å². The van der Waals surface area contributed by atoms with E-state index in [1.54, 1.807) is 12.2 Å². The monoisotopic (exact) mass is 248 g/mol. The zero-order valence-electron chi connectivity index (χ0n) is 9.41. The van der Waals surface area contributed by atoms with E-state index in [4.69, 9.17) is 12.8 Å². The summed E-state index contributed by atoms with van der Waals surface area (Å²) in [5, 5.41) is 0. The standard InChI is InChI=1S/C7H11O2.C4H9O.Ti/c1-3-5-8-7-9-6-4-2;1-2-3-4-5;/h3-4,7H,1-2,5-6H2;2-4H2,1H3;/q;-1;+1. The molecule has 0 aliphatic carbocycles. The average Bonchev–Trinajstić information content (AvgIpc) is 2.27. The van der Waals surface area contributed by atoms with Gasteiger partial charge < -0.3 is 0 Å². The van der Waals surface area contributed by atoms with Gasteiger partial charge in [0.1, 0.15) is 0 Å². The summed E-state index contributed by atoms with van der Waals surface area (Å²) >= 11 is -0.652. The van der Waals surface area contributed by atoms with Crippen molar-refractivity contribution in [1.82, 2.24) is 0 Å². The third-order valence-corrected chi connectivity index (χ3v) is 2.91. The molecule has 0 fully saturated rings. The summed E-state index contributed by atoms with van der Waals surface area (Å²) in [7, 11) is 0. The molecule has 0 aromatic carbocycles. The van der Waals surface area contributed by atoms with Gasteiger partial charge in [0.2, 0.25) is 0 Å². The maximum atomic E-state index is 5.54.